The van der Waals surface area contributed by atoms with Crippen molar-refractivity contribution in [2.45, 2.75) is 32.1 Å². The van der Waals surface area contributed by atoms with Crippen LogP contribution in [0.1, 0.15) is 31.2 Å². The summed E-state index contributed by atoms with van der Waals surface area (Å²) in [6.45, 7) is 4.71. The zero-order valence-corrected chi connectivity index (χ0v) is 14.6. The van der Waals surface area contributed by atoms with Crippen molar-refractivity contribution in [3.63, 3.8) is 0 Å². The van der Waals surface area contributed by atoms with Crippen molar-refractivity contribution >= 4 is 23.4 Å². The van der Waals surface area contributed by atoms with E-state index in [4.69, 9.17) is 11.6 Å². The van der Waals surface area contributed by atoms with E-state index in [-0.39, 0.29) is 23.7 Å². The minimum atomic E-state index is 0.0211. The maximum atomic E-state index is 12.3. The molecule has 0 unspecified atom stereocenters. The molecule has 24 heavy (non-hydrogen) atoms. The zero-order valence-electron chi connectivity index (χ0n) is 13.9. The first-order valence-corrected chi connectivity index (χ1v) is 8.88. The Morgan fingerprint density at radius 2 is 1.75 bits per heavy atom. The Bertz CT molecular complexity index is 580. The summed E-state index contributed by atoms with van der Waals surface area (Å²) in [6.07, 6.45) is 5.54. The number of rotatable bonds is 7. The van der Waals surface area contributed by atoms with Crippen molar-refractivity contribution in [2.24, 2.45) is 11.8 Å². The molecule has 2 rings (SSSR count). The summed E-state index contributed by atoms with van der Waals surface area (Å²) >= 11 is 5.95. The van der Waals surface area contributed by atoms with E-state index in [9.17, 15) is 9.59 Å². The third-order valence-electron chi connectivity index (χ3n) is 4.49. The Kier molecular flexibility index (Phi) is 7.32. The topological polar surface area (TPSA) is 58.2 Å². The molecule has 0 bridgehead atoms. The molecular formula is C19H25ClN2O2. The monoisotopic (exact) mass is 348 g/mol. The van der Waals surface area contributed by atoms with Gasteiger partial charge in [-0.1, -0.05) is 29.8 Å². The highest BCUT2D eigenvalue weighted by atomic mass is 35.5. The van der Waals surface area contributed by atoms with Crippen LogP contribution in [0.3, 0.4) is 0 Å². The predicted octanol–water partition coefficient (Wildman–Crippen LogP) is 3.11. The molecule has 1 fully saturated rings. The second kappa shape index (κ2) is 9.48. The highest BCUT2D eigenvalue weighted by Gasteiger charge is 2.29. The molecule has 1 saturated carbocycles. The summed E-state index contributed by atoms with van der Waals surface area (Å²) < 4.78 is 0. The quantitative estimate of drug-likeness (QED) is 0.744. The van der Waals surface area contributed by atoms with Crippen LogP contribution in [0, 0.1) is 11.8 Å². The molecule has 130 valence electrons. The maximum absolute atomic E-state index is 12.3. The first-order valence-electron chi connectivity index (χ1n) is 8.51. The van der Waals surface area contributed by atoms with Crippen LogP contribution in [0.25, 0.3) is 0 Å². The molecule has 0 spiro atoms. The van der Waals surface area contributed by atoms with Crippen molar-refractivity contribution in [3.8, 4) is 0 Å². The Morgan fingerprint density at radius 3 is 2.33 bits per heavy atom. The lowest BCUT2D eigenvalue weighted by atomic mass is 9.81. The van der Waals surface area contributed by atoms with Crippen LogP contribution in [0.15, 0.2) is 36.9 Å². The van der Waals surface area contributed by atoms with Gasteiger partial charge in [-0.3, -0.25) is 9.59 Å². The fraction of sp³-hybridized carbons (Fsp3) is 0.474. The molecule has 1 aliphatic carbocycles. The average molecular weight is 349 g/mol. The number of amides is 2. The van der Waals surface area contributed by atoms with Gasteiger partial charge in [0.25, 0.3) is 0 Å². The number of nitrogens with one attached hydrogen (secondary N) is 2. The summed E-state index contributed by atoms with van der Waals surface area (Å²) in [6, 6.07) is 7.68. The smallest absolute Gasteiger partial charge is 0.223 e. The summed E-state index contributed by atoms with van der Waals surface area (Å²) in [7, 11) is 0. The molecule has 0 heterocycles. The normalized spacial score (nSPS) is 20.2. The highest BCUT2D eigenvalue weighted by Crippen LogP contribution is 2.29. The van der Waals surface area contributed by atoms with E-state index >= 15 is 0 Å². The Labute approximate surface area is 148 Å². The predicted molar refractivity (Wildman–Crippen MR) is 96.8 cm³/mol. The fourth-order valence-electron chi connectivity index (χ4n) is 3.10. The van der Waals surface area contributed by atoms with Crippen molar-refractivity contribution in [1.82, 2.24) is 10.6 Å². The van der Waals surface area contributed by atoms with Crippen molar-refractivity contribution in [2.75, 3.05) is 13.1 Å². The number of carbonyl (C=O) groups is 2. The van der Waals surface area contributed by atoms with Gasteiger partial charge >= 0.3 is 0 Å². The molecule has 1 aliphatic rings. The van der Waals surface area contributed by atoms with Crippen molar-refractivity contribution in [3.05, 3.63) is 47.5 Å². The molecule has 1 aromatic rings. The van der Waals surface area contributed by atoms with E-state index in [0.717, 1.165) is 37.7 Å². The largest absolute Gasteiger partial charge is 0.356 e. The second-order valence-corrected chi connectivity index (χ2v) is 6.69. The van der Waals surface area contributed by atoms with Crippen LogP contribution < -0.4 is 10.6 Å². The van der Waals surface area contributed by atoms with E-state index in [2.05, 4.69) is 17.2 Å². The lowest BCUT2D eigenvalue weighted by Gasteiger charge is -2.27. The van der Waals surface area contributed by atoms with Crippen LogP contribution in [-0.4, -0.2) is 24.9 Å². The molecule has 0 aliphatic heterocycles. The third-order valence-corrected chi connectivity index (χ3v) is 4.73. The molecule has 0 radical (unpaired) electrons. The molecule has 2 amide bonds. The van der Waals surface area contributed by atoms with Gasteiger partial charge in [0.05, 0.1) is 0 Å². The van der Waals surface area contributed by atoms with E-state index in [1.165, 1.54) is 0 Å². The molecule has 0 atom stereocenters. The Morgan fingerprint density at radius 1 is 1.12 bits per heavy atom. The SMILES string of the molecule is C=CCNC(=O)C1CCC(C(=O)NCCc2cccc(Cl)c2)CC1. The van der Waals surface area contributed by atoms with Crippen molar-refractivity contribution in [1.29, 1.82) is 0 Å². The van der Waals surface area contributed by atoms with Gasteiger partial charge in [0.2, 0.25) is 11.8 Å². The first kappa shape index (κ1) is 18.5. The molecule has 2 N–H and O–H groups in total. The second-order valence-electron chi connectivity index (χ2n) is 6.25. The first-order chi connectivity index (χ1) is 11.6. The van der Waals surface area contributed by atoms with Gasteiger partial charge in [-0.15, -0.1) is 6.58 Å². The molecule has 1 aromatic carbocycles. The van der Waals surface area contributed by atoms with E-state index in [0.29, 0.717) is 18.1 Å². The number of hydrogen-bond donors (Lipinski definition) is 2. The Balaban J connectivity index is 1.69. The van der Waals surface area contributed by atoms with Gasteiger partial charge in [-0.2, -0.15) is 0 Å². The number of hydrogen-bond acceptors (Lipinski definition) is 2. The molecule has 4 nitrogen and oxygen atoms in total. The average Bonchev–Trinajstić information content (AvgIpc) is 2.60. The van der Waals surface area contributed by atoms with Gasteiger partial charge in [0.15, 0.2) is 0 Å². The van der Waals surface area contributed by atoms with Gasteiger partial charge in [0.1, 0.15) is 0 Å². The van der Waals surface area contributed by atoms with Gasteiger partial charge in [-0.25, -0.2) is 0 Å². The van der Waals surface area contributed by atoms with E-state index < -0.39 is 0 Å². The van der Waals surface area contributed by atoms with Gasteiger partial charge in [0, 0.05) is 29.9 Å². The van der Waals surface area contributed by atoms with E-state index in [1.807, 2.05) is 24.3 Å². The van der Waals surface area contributed by atoms with Gasteiger partial charge in [-0.05, 0) is 49.8 Å². The lowest BCUT2D eigenvalue weighted by molar-refractivity contribution is -0.130. The highest BCUT2D eigenvalue weighted by molar-refractivity contribution is 6.30. The Hall–Kier alpha value is -1.81. The summed E-state index contributed by atoms with van der Waals surface area (Å²) in [4.78, 5) is 24.2. The zero-order chi connectivity index (χ0) is 17.4. The number of benzene rings is 1. The molecule has 5 heteroatoms. The molecule has 0 aromatic heterocycles. The number of carbonyl (C=O) groups excluding carboxylic acids is 2. The summed E-state index contributed by atoms with van der Waals surface area (Å²) in [5.41, 5.74) is 1.12. The van der Waals surface area contributed by atoms with Crippen LogP contribution in [0.4, 0.5) is 0 Å². The van der Waals surface area contributed by atoms with Crippen LogP contribution in [0.5, 0.6) is 0 Å². The lowest BCUT2D eigenvalue weighted by Crippen LogP contribution is -2.38. The summed E-state index contributed by atoms with van der Waals surface area (Å²) in [5.74, 6) is 0.227. The van der Waals surface area contributed by atoms with Crippen LogP contribution >= 0.6 is 11.6 Å². The van der Waals surface area contributed by atoms with E-state index in [1.54, 1.807) is 6.08 Å². The molecular weight excluding hydrogens is 324 g/mol. The standard InChI is InChI=1S/C19H25ClN2O2/c1-2-11-21-18(23)15-6-8-16(9-7-15)19(24)22-12-10-14-4-3-5-17(20)13-14/h2-5,13,15-16H,1,6-12H2,(H,21,23)(H,22,24). The summed E-state index contributed by atoms with van der Waals surface area (Å²) in [5, 5.41) is 6.55. The van der Waals surface area contributed by atoms with Crippen LogP contribution in [0.2, 0.25) is 5.02 Å². The van der Waals surface area contributed by atoms with Crippen molar-refractivity contribution < 1.29 is 9.59 Å². The third kappa shape index (κ3) is 5.68. The molecule has 0 saturated heterocycles. The van der Waals surface area contributed by atoms with Crippen LogP contribution in [-0.2, 0) is 16.0 Å². The number of halogens is 1. The maximum Gasteiger partial charge on any atom is 0.223 e. The minimum Gasteiger partial charge on any atom is -0.356 e. The fourth-order valence-corrected chi connectivity index (χ4v) is 3.31. The minimum absolute atomic E-state index is 0.0211. The van der Waals surface area contributed by atoms with Gasteiger partial charge < -0.3 is 10.6 Å².